The molecule has 120 valence electrons. The van der Waals surface area contributed by atoms with Crippen molar-refractivity contribution in [2.45, 2.75) is 27.2 Å². The molecule has 0 aliphatic carbocycles. The van der Waals surface area contributed by atoms with Gasteiger partial charge >= 0.3 is 0 Å². The zero-order valence-electron chi connectivity index (χ0n) is 13.5. The van der Waals surface area contributed by atoms with Gasteiger partial charge in [-0.05, 0) is 32.4 Å². The highest BCUT2D eigenvalue weighted by Gasteiger charge is 2.12. The van der Waals surface area contributed by atoms with Crippen LogP contribution in [-0.2, 0) is 6.42 Å². The molecule has 0 aliphatic rings. The number of aryl methyl sites for hydroxylation is 1. The minimum atomic E-state index is -0.171. The van der Waals surface area contributed by atoms with E-state index in [0.717, 1.165) is 30.0 Å². The maximum absolute atomic E-state index is 12.7. The first-order chi connectivity index (χ1) is 11.2. The molecular formula is C16H19N5OS. The molecule has 3 aromatic rings. The van der Waals surface area contributed by atoms with Gasteiger partial charge in [-0.1, -0.05) is 6.92 Å². The fourth-order valence-electron chi connectivity index (χ4n) is 2.48. The van der Waals surface area contributed by atoms with E-state index in [4.69, 9.17) is 0 Å². The summed E-state index contributed by atoms with van der Waals surface area (Å²) < 4.78 is 2.18. The molecule has 3 heterocycles. The quantitative estimate of drug-likeness (QED) is 0.720. The summed E-state index contributed by atoms with van der Waals surface area (Å²) in [5.41, 5.74) is -0.171. The van der Waals surface area contributed by atoms with Gasteiger partial charge in [0.15, 0.2) is 0 Å². The second-order valence-electron chi connectivity index (χ2n) is 5.09. The Labute approximate surface area is 138 Å². The molecule has 0 N–H and O–H groups in total. The molecule has 3 rings (SSSR count). The van der Waals surface area contributed by atoms with E-state index in [2.05, 4.69) is 40.7 Å². The number of rotatable bonds is 5. The van der Waals surface area contributed by atoms with Gasteiger partial charge in [0.05, 0.1) is 16.3 Å². The van der Waals surface area contributed by atoms with Crippen LogP contribution < -0.4 is 10.5 Å². The topological polar surface area (TPSA) is 63.9 Å². The first-order valence-corrected chi connectivity index (χ1v) is 8.58. The first-order valence-electron chi connectivity index (χ1n) is 7.77. The van der Waals surface area contributed by atoms with Crippen LogP contribution in [0, 0.1) is 0 Å². The molecule has 0 aromatic carbocycles. The molecule has 0 radical (unpaired) electrons. The lowest BCUT2D eigenvalue weighted by Gasteiger charge is -2.19. The van der Waals surface area contributed by atoms with Gasteiger partial charge in [0.1, 0.15) is 5.82 Å². The van der Waals surface area contributed by atoms with E-state index in [1.807, 2.05) is 12.1 Å². The van der Waals surface area contributed by atoms with Crippen LogP contribution in [0.15, 0.2) is 29.3 Å². The number of nitrogens with zero attached hydrogens (tertiary/aromatic N) is 5. The largest absolute Gasteiger partial charge is 0.357 e. The summed E-state index contributed by atoms with van der Waals surface area (Å²) >= 11 is 1.61. The summed E-state index contributed by atoms with van der Waals surface area (Å²) in [4.78, 5) is 24.7. The van der Waals surface area contributed by atoms with Crippen molar-refractivity contribution in [3.8, 4) is 5.95 Å². The Bertz CT molecular complexity index is 882. The standard InChI is InChI=1S/C16H19N5OS/c1-4-11-9-12-13(23-11)10-18-21(15(12)22)16-17-8-7-14(19-16)20(5-2)6-3/h7-10H,4-6H2,1-3H3. The molecule has 0 atom stereocenters. The second-order valence-corrected chi connectivity index (χ2v) is 6.26. The van der Waals surface area contributed by atoms with Gasteiger partial charge < -0.3 is 4.90 Å². The van der Waals surface area contributed by atoms with Crippen LogP contribution in [0.25, 0.3) is 16.0 Å². The Hall–Kier alpha value is -2.28. The third-order valence-corrected chi connectivity index (χ3v) is 4.99. The van der Waals surface area contributed by atoms with Crippen molar-refractivity contribution in [2.75, 3.05) is 18.0 Å². The van der Waals surface area contributed by atoms with E-state index in [0.29, 0.717) is 11.3 Å². The summed E-state index contributed by atoms with van der Waals surface area (Å²) in [6, 6.07) is 3.79. The van der Waals surface area contributed by atoms with Crippen molar-refractivity contribution in [1.29, 1.82) is 0 Å². The number of anilines is 1. The molecule has 0 aliphatic heterocycles. The van der Waals surface area contributed by atoms with Gasteiger partial charge in [-0.25, -0.2) is 4.98 Å². The third kappa shape index (κ3) is 2.84. The molecule has 3 aromatic heterocycles. The number of hydrogen-bond acceptors (Lipinski definition) is 6. The smallest absolute Gasteiger partial charge is 0.282 e. The number of aromatic nitrogens is 4. The number of thiophene rings is 1. The van der Waals surface area contributed by atoms with Crippen LogP contribution >= 0.6 is 11.3 Å². The van der Waals surface area contributed by atoms with Gasteiger partial charge in [-0.3, -0.25) is 4.79 Å². The minimum Gasteiger partial charge on any atom is -0.357 e. The highest BCUT2D eigenvalue weighted by atomic mass is 32.1. The van der Waals surface area contributed by atoms with Crippen LogP contribution in [0.1, 0.15) is 25.6 Å². The lowest BCUT2D eigenvalue weighted by Crippen LogP contribution is -2.26. The predicted molar refractivity (Wildman–Crippen MR) is 93.7 cm³/mol. The lowest BCUT2D eigenvalue weighted by molar-refractivity contribution is 0.751. The SMILES string of the molecule is CCc1cc2c(=O)n(-c3nccc(N(CC)CC)n3)ncc2s1. The summed E-state index contributed by atoms with van der Waals surface area (Å²) in [6.07, 6.45) is 4.29. The first kappa shape index (κ1) is 15.6. The lowest BCUT2D eigenvalue weighted by atomic mass is 10.3. The molecule has 0 fully saturated rings. The normalized spacial score (nSPS) is 11.1. The van der Waals surface area contributed by atoms with Crippen molar-refractivity contribution >= 4 is 27.2 Å². The zero-order valence-corrected chi connectivity index (χ0v) is 14.3. The third-order valence-electron chi connectivity index (χ3n) is 3.78. The summed E-state index contributed by atoms with van der Waals surface area (Å²) in [6.45, 7) is 7.91. The molecule has 23 heavy (non-hydrogen) atoms. The Morgan fingerprint density at radius 1 is 1.26 bits per heavy atom. The maximum atomic E-state index is 12.7. The fraction of sp³-hybridized carbons (Fsp3) is 0.375. The molecular weight excluding hydrogens is 310 g/mol. The molecule has 0 saturated carbocycles. The molecule has 0 bridgehead atoms. The van der Waals surface area contributed by atoms with Gasteiger partial charge in [-0.15, -0.1) is 11.3 Å². The Morgan fingerprint density at radius 3 is 2.74 bits per heavy atom. The van der Waals surface area contributed by atoms with Crippen molar-refractivity contribution < 1.29 is 0 Å². The second kappa shape index (κ2) is 6.45. The average molecular weight is 329 g/mol. The van der Waals surface area contributed by atoms with Crippen molar-refractivity contribution in [2.24, 2.45) is 0 Å². The van der Waals surface area contributed by atoms with Crippen LogP contribution in [0.5, 0.6) is 0 Å². The molecule has 6 nitrogen and oxygen atoms in total. The van der Waals surface area contributed by atoms with Crippen LogP contribution in [-0.4, -0.2) is 32.8 Å². The van der Waals surface area contributed by atoms with E-state index in [1.165, 1.54) is 9.56 Å². The van der Waals surface area contributed by atoms with Gasteiger partial charge in [-0.2, -0.15) is 14.8 Å². The number of hydrogen-bond donors (Lipinski definition) is 0. The Kier molecular flexibility index (Phi) is 4.38. The van der Waals surface area contributed by atoms with E-state index in [-0.39, 0.29) is 5.56 Å². The van der Waals surface area contributed by atoms with Gasteiger partial charge in [0.2, 0.25) is 0 Å². The fourth-order valence-corrected chi connectivity index (χ4v) is 3.44. The number of fused-ring (bicyclic) bond motifs is 1. The zero-order chi connectivity index (χ0) is 16.4. The highest BCUT2D eigenvalue weighted by Crippen LogP contribution is 2.22. The molecule has 7 heteroatoms. The van der Waals surface area contributed by atoms with Crippen LogP contribution in [0.3, 0.4) is 0 Å². The van der Waals surface area contributed by atoms with Crippen LogP contribution in [0.2, 0.25) is 0 Å². The predicted octanol–water partition coefficient (Wildman–Crippen LogP) is 2.65. The maximum Gasteiger partial charge on any atom is 0.282 e. The highest BCUT2D eigenvalue weighted by molar-refractivity contribution is 7.19. The van der Waals surface area contributed by atoms with Crippen molar-refractivity contribution in [1.82, 2.24) is 19.7 Å². The Morgan fingerprint density at radius 2 is 2.04 bits per heavy atom. The van der Waals surface area contributed by atoms with E-state index >= 15 is 0 Å². The molecule has 0 spiro atoms. The van der Waals surface area contributed by atoms with Crippen LogP contribution in [0.4, 0.5) is 5.82 Å². The monoisotopic (exact) mass is 329 g/mol. The van der Waals surface area contributed by atoms with Gasteiger partial charge in [0, 0.05) is 24.2 Å². The van der Waals surface area contributed by atoms with E-state index in [1.54, 1.807) is 23.7 Å². The van der Waals surface area contributed by atoms with Gasteiger partial charge in [0.25, 0.3) is 11.5 Å². The molecule has 0 amide bonds. The minimum absolute atomic E-state index is 0.171. The molecule has 0 unspecified atom stereocenters. The van der Waals surface area contributed by atoms with Crippen molar-refractivity contribution in [3.63, 3.8) is 0 Å². The van der Waals surface area contributed by atoms with Crippen molar-refractivity contribution in [3.05, 3.63) is 39.8 Å². The summed E-state index contributed by atoms with van der Waals surface area (Å²) in [5, 5.41) is 4.93. The molecule has 0 saturated heterocycles. The average Bonchev–Trinajstić information content (AvgIpc) is 3.01. The summed E-state index contributed by atoms with van der Waals surface area (Å²) in [5.74, 6) is 1.11. The Balaban J connectivity index is 2.11. The van der Waals surface area contributed by atoms with E-state index in [9.17, 15) is 4.79 Å². The summed E-state index contributed by atoms with van der Waals surface area (Å²) in [7, 11) is 0. The van der Waals surface area contributed by atoms with E-state index < -0.39 is 0 Å².